The predicted molar refractivity (Wildman–Crippen MR) is 111 cm³/mol. The van der Waals surface area contributed by atoms with Crippen LogP contribution in [0.3, 0.4) is 0 Å². The molecule has 2 aromatic rings. The number of amides is 1. The van der Waals surface area contributed by atoms with Crippen LogP contribution in [0.1, 0.15) is 55.5 Å². The summed E-state index contributed by atoms with van der Waals surface area (Å²) in [5, 5.41) is 3.36. The second-order valence-corrected chi connectivity index (χ2v) is 7.66. The molecule has 0 bridgehead atoms. The Hall–Kier alpha value is -2.96. The number of anilines is 1. The summed E-state index contributed by atoms with van der Waals surface area (Å²) in [6.07, 6.45) is 4.53. The summed E-state index contributed by atoms with van der Waals surface area (Å²) >= 11 is 0. The number of rotatable bonds is 6. The smallest absolute Gasteiger partial charge is 0.341 e. The van der Waals surface area contributed by atoms with Crippen molar-refractivity contribution < 1.29 is 14.3 Å². The van der Waals surface area contributed by atoms with Gasteiger partial charge in [0.25, 0.3) is 0 Å². The summed E-state index contributed by atoms with van der Waals surface area (Å²) in [5.74, 6) is 0.0585. The summed E-state index contributed by atoms with van der Waals surface area (Å²) in [6, 6.07) is 9.87. The van der Waals surface area contributed by atoms with Gasteiger partial charge in [0.15, 0.2) is 0 Å². The molecule has 3 rings (SSSR count). The van der Waals surface area contributed by atoms with Crippen LogP contribution in [0.4, 0.5) is 5.95 Å². The molecule has 154 valence electrons. The molecule has 1 fully saturated rings. The molecule has 1 aliphatic heterocycles. The van der Waals surface area contributed by atoms with Crippen LogP contribution < -0.4 is 5.32 Å². The van der Waals surface area contributed by atoms with E-state index in [1.807, 2.05) is 42.2 Å². The average molecular weight is 396 g/mol. The Kier molecular flexibility index (Phi) is 6.46. The molecule has 0 radical (unpaired) electrons. The summed E-state index contributed by atoms with van der Waals surface area (Å²) < 4.78 is 4.95. The Bertz CT molecular complexity index is 831. The topological polar surface area (TPSA) is 84.4 Å². The van der Waals surface area contributed by atoms with Crippen LogP contribution in [0.5, 0.6) is 0 Å². The van der Waals surface area contributed by atoms with E-state index in [1.54, 1.807) is 6.92 Å². The highest BCUT2D eigenvalue weighted by Crippen LogP contribution is 2.27. The molecule has 1 N–H and O–H groups in total. The number of aromatic nitrogens is 2. The second kappa shape index (κ2) is 9.03. The number of carbonyl (C=O) groups excluding carboxylic acids is 2. The first-order valence-electron chi connectivity index (χ1n) is 10.0. The predicted octanol–water partition coefficient (Wildman–Crippen LogP) is 3.25. The monoisotopic (exact) mass is 396 g/mol. The molecule has 0 spiro atoms. The third-order valence-electron chi connectivity index (χ3n) is 5.43. The lowest BCUT2D eigenvalue weighted by Gasteiger charge is -2.40. The van der Waals surface area contributed by atoms with E-state index in [9.17, 15) is 9.59 Å². The van der Waals surface area contributed by atoms with Gasteiger partial charge in [0, 0.05) is 31.0 Å². The number of nitrogens with zero attached hydrogens (tertiary/aromatic N) is 3. The number of piperidine rings is 1. The summed E-state index contributed by atoms with van der Waals surface area (Å²) in [4.78, 5) is 35.0. The van der Waals surface area contributed by atoms with Gasteiger partial charge in [0.05, 0.1) is 18.1 Å². The van der Waals surface area contributed by atoms with Crippen molar-refractivity contribution in [1.82, 2.24) is 14.9 Å². The van der Waals surface area contributed by atoms with Crippen molar-refractivity contribution in [3.8, 4) is 0 Å². The first-order valence-corrected chi connectivity index (χ1v) is 10.0. The molecular formula is C22H28N4O3. The molecule has 1 atom stereocenters. The van der Waals surface area contributed by atoms with E-state index in [0.717, 1.165) is 18.4 Å². The molecular weight excluding hydrogens is 368 g/mol. The van der Waals surface area contributed by atoms with Gasteiger partial charge in [-0.05, 0) is 39.2 Å². The van der Waals surface area contributed by atoms with Crippen molar-refractivity contribution in [1.29, 1.82) is 0 Å². The molecule has 1 aromatic heterocycles. The molecule has 29 heavy (non-hydrogen) atoms. The second-order valence-electron chi connectivity index (χ2n) is 7.66. The van der Waals surface area contributed by atoms with Crippen molar-refractivity contribution in [2.75, 3.05) is 25.0 Å². The highest BCUT2D eigenvalue weighted by atomic mass is 16.5. The van der Waals surface area contributed by atoms with Crippen molar-refractivity contribution in [2.45, 2.75) is 45.1 Å². The molecule has 2 heterocycles. The van der Waals surface area contributed by atoms with Crippen LogP contribution in [0, 0.1) is 0 Å². The van der Waals surface area contributed by atoms with Crippen molar-refractivity contribution in [2.24, 2.45) is 0 Å². The fraction of sp³-hybridized carbons (Fsp3) is 0.455. The maximum absolute atomic E-state index is 12.9. The van der Waals surface area contributed by atoms with Gasteiger partial charge in [0.1, 0.15) is 0 Å². The van der Waals surface area contributed by atoms with E-state index >= 15 is 0 Å². The summed E-state index contributed by atoms with van der Waals surface area (Å²) in [5.41, 5.74) is 1.16. The van der Waals surface area contributed by atoms with E-state index in [0.29, 0.717) is 31.2 Å². The molecule has 0 aliphatic carbocycles. The number of likely N-dealkylation sites (tertiary alicyclic amines) is 1. The molecule has 1 amide bonds. The Morgan fingerprint density at radius 3 is 2.38 bits per heavy atom. The fourth-order valence-corrected chi connectivity index (χ4v) is 3.49. The van der Waals surface area contributed by atoms with Crippen LogP contribution in [-0.2, 0) is 9.53 Å². The quantitative estimate of drug-likeness (QED) is 0.755. The number of benzene rings is 1. The standard InChI is InChI=1S/C22H28N4O3/c1-4-29-20(28)18-14-23-21(24-15-18)25-22(3)10-12-26(13-11-22)19(27)16(2)17-8-6-5-7-9-17/h5-9,14-16H,4,10-13H2,1-3H3,(H,23,24,25)/t16-/m1/s1. The Balaban J connectivity index is 1.56. The van der Waals surface area contributed by atoms with E-state index in [-0.39, 0.29) is 17.4 Å². The molecule has 1 aliphatic rings. The van der Waals surface area contributed by atoms with Crippen LogP contribution in [0.25, 0.3) is 0 Å². The number of nitrogens with one attached hydrogen (secondary N) is 1. The minimum Gasteiger partial charge on any atom is -0.462 e. The van der Waals surface area contributed by atoms with Crippen LogP contribution in [-0.4, -0.2) is 52.0 Å². The van der Waals surface area contributed by atoms with Gasteiger partial charge in [-0.3, -0.25) is 4.79 Å². The molecule has 0 saturated carbocycles. The largest absolute Gasteiger partial charge is 0.462 e. The molecule has 7 heteroatoms. The molecule has 1 saturated heterocycles. The van der Waals surface area contributed by atoms with Gasteiger partial charge >= 0.3 is 5.97 Å². The van der Waals surface area contributed by atoms with Gasteiger partial charge in [-0.1, -0.05) is 30.3 Å². The van der Waals surface area contributed by atoms with Crippen molar-refractivity contribution >= 4 is 17.8 Å². The molecule has 0 unspecified atom stereocenters. The van der Waals surface area contributed by atoms with E-state index in [4.69, 9.17) is 4.74 Å². The lowest BCUT2D eigenvalue weighted by molar-refractivity contribution is -0.133. The highest BCUT2D eigenvalue weighted by molar-refractivity contribution is 5.88. The SMILES string of the molecule is CCOC(=O)c1cnc(NC2(C)CCN(C(=O)[C@H](C)c3ccccc3)CC2)nc1. The van der Waals surface area contributed by atoms with Crippen molar-refractivity contribution in [3.05, 3.63) is 53.9 Å². The third kappa shape index (κ3) is 5.10. The van der Waals surface area contributed by atoms with E-state index in [2.05, 4.69) is 22.2 Å². The minimum absolute atomic E-state index is 0.146. The zero-order valence-electron chi connectivity index (χ0n) is 17.2. The fourth-order valence-electron chi connectivity index (χ4n) is 3.49. The molecule has 1 aromatic carbocycles. The zero-order chi connectivity index (χ0) is 20.9. The Labute approximate surface area is 171 Å². The van der Waals surface area contributed by atoms with Gasteiger partial charge in [-0.15, -0.1) is 0 Å². The van der Waals surface area contributed by atoms with Crippen LogP contribution >= 0.6 is 0 Å². The normalized spacial score (nSPS) is 16.7. The maximum Gasteiger partial charge on any atom is 0.341 e. The summed E-state index contributed by atoms with van der Waals surface area (Å²) in [7, 11) is 0. The lowest BCUT2D eigenvalue weighted by Crippen LogP contribution is -2.50. The van der Waals surface area contributed by atoms with Gasteiger partial charge in [0.2, 0.25) is 11.9 Å². The van der Waals surface area contributed by atoms with Crippen LogP contribution in [0.2, 0.25) is 0 Å². The number of esters is 1. The van der Waals surface area contributed by atoms with Gasteiger partial charge in [-0.25, -0.2) is 14.8 Å². The van der Waals surface area contributed by atoms with Crippen molar-refractivity contribution in [3.63, 3.8) is 0 Å². The third-order valence-corrected chi connectivity index (χ3v) is 5.43. The Morgan fingerprint density at radius 2 is 1.79 bits per heavy atom. The van der Waals surface area contributed by atoms with Gasteiger partial charge in [-0.2, -0.15) is 0 Å². The number of carbonyl (C=O) groups is 2. The molecule has 7 nitrogen and oxygen atoms in total. The highest BCUT2D eigenvalue weighted by Gasteiger charge is 2.34. The Morgan fingerprint density at radius 1 is 1.17 bits per heavy atom. The summed E-state index contributed by atoms with van der Waals surface area (Å²) in [6.45, 7) is 7.50. The zero-order valence-corrected chi connectivity index (χ0v) is 17.2. The minimum atomic E-state index is -0.426. The number of hydrogen-bond donors (Lipinski definition) is 1. The van der Waals surface area contributed by atoms with Crippen LogP contribution in [0.15, 0.2) is 42.7 Å². The van der Waals surface area contributed by atoms with E-state index < -0.39 is 5.97 Å². The van der Waals surface area contributed by atoms with E-state index in [1.165, 1.54) is 12.4 Å². The lowest BCUT2D eigenvalue weighted by atomic mass is 9.88. The number of ether oxygens (including phenoxy) is 1. The number of hydrogen-bond acceptors (Lipinski definition) is 6. The van der Waals surface area contributed by atoms with Gasteiger partial charge < -0.3 is 15.0 Å². The maximum atomic E-state index is 12.9. The average Bonchev–Trinajstić information content (AvgIpc) is 2.74. The first-order chi connectivity index (χ1) is 13.9. The first kappa shape index (κ1) is 20.8.